The van der Waals surface area contributed by atoms with Gasteiger partial charge in [0.05, 0.1) is 24.5 Å². The van der Waals surface area contributed by atoms with Gasteiger partial charge in [-0.2, -0.15) is 18.3 Å². The zero-order valence-electron chi connectivity index (χ0n) is 18.1. The van der Waals surface area contributed by atoms with Gasteiger partial charge >= 0.3 is 12.1 Å². The lowest BCUT2D eigenvalue weighted by atomic mass is 10.00. The molecule has 1 N–H and O–H groups in total. The second-order valence-corrected chi connectivity index (χ2v) is 7.05. The zero-order chi connectivity index (χ0) is 23.9. The molecule has 1 aliphatic heterocycles. The van der Waals surface area contributed by atoms with Gasteiger partial charge in [0, 0.05) is 20.2 Å². The van der Waals surface area contributed by atoms with E-state index < -0.39 is 12.1 Å². The average Bonchev–Trinajstić information content (AvgIpc) is 3.12. The van der Waals surface area contributed by atoms with Crippen molar-refractivity contribution in [3.63, 3.8) is 0 Å². The molecule has 1 aromatic carbocycles. The normalized spacial score (nSPS) is 15.4. The highest BCUT2D eigenvalue weighted by Gasteiger charge is 2.38. The van der Waals surface area contributed by atoms with Crippen LogP contribution in [0.3, 0.4) is 0 Å². The molecule has 0 fully saturated rings. The average molecular weight is 457 g/mol. The van der Waals surface area contributed by atoms with E-state index in [0.29, 0.717) is 19.8 Å². The largest absolute Gasteiger partial charge is 0.490 e. The van der Waals surface area contributed by atoms with Crippen molar-refractivity contribution in [2.75, 3.05) is 26.4 Å². The standard InChI is InChI=1S/C19H25N3O3.C2HF3O2/c1-4-24-12-16-19-15(11-20-21(19)3)9-10-22(16)18(23)13-25-17-8-6-5-7-14(17)2;3-2(4,5)1(6)7/h5-8,11,16H,4,9-10,12-13H2,1-3H3;(H,6,7). The van der Waals surface area contributed by atoms with Gasteiger partial charge in [0.1, 0.15) is 5.75 Å². The predicted octanol–water partition coefficient (Wildman–Crippen LogP) is 2.90. The number of ether oxygens (including phenoxy) is 2. The number of carbonyl (C=O) groups is 2. The molecule has 8 nitrogen and oxygen atoms in total. The molecule has 11 heteroatoms. The summed E-state index contributed by atoms with van der Waals surface area (Å²) in [5.74, 6) is -2.04. The van der Waals surface area contributed by atoms with Crippen LogP contribution in [0.25, 0.3) is 0 Å². The summed E-state index contributed by atoms with van der Waals surface area (Å²) < 4.78 is 45.0. The summed E-state index contributed by atoms with van der Waals surface area (Å²) in [6.07, 6.45) is -2.39. The molecule has 3 rings (SSSR count). The quantitative estimate of drug-likeness (QED) is 0.717. The topological polar surface area (TPSA) is 93.9 Å². The van der Waals surface area contributed by atoms with Gasteiger partial charge in [-0.05, 0) is 37.5 Å². The number of carboxylic acids is 1. The second kappa shape index (κ2) is 11.0. The highest BCUT2D eigenvalue weighted by atomic mass is 19.4. The number of aliphatic carboxylic acids is 1. The number of aryl methyl sites for hydroxylation is 2. The van der Waals surface area contributed by atoms with Crippen LogP contribution in [-0.2, 0) is 27.8 Å². The number of aromatic nitrogens is 2. The minimum Gasteiger partial charge on any atom is -0.484 e. The number of hydrogen-bond acceptors (Lipinski definition) is 5. The van der Waals surface area contributed by atoms with E-state index >= 15 is 0 Å². The number of nitrogens with zero attached hydrogens (tertiary/aromatic N) is 3. The molecule has 32 heavy (non-hydrogen) atoms. The maximum absolute atomic E-state index is 12.8. The molecule has 0 radical (unpaired) electrons. The van der Waals surface area contributed by atoms with E-state index in [2.05, 4.69) is 5.10 Å². The summed E-state index contributed by atoms with van der Waals surface area (Å²) in [5.41, 5.74) is 3.27. The number of hydrogen-bond donors (Lipinski definition) is 1. The van der Waals surface area contributed by atoms with E-state index in [4.69, 9.17) is 19.4 Å². The lowest BCUT2D eigenvalue weighted by molar-refractivity contribution is -0.192. The van der Waals surface area contributed by atoms with Crippen molar-refractivity contribution in [1.29, 1.82) is 0 Å². The number of fused-ring (bicyclic) bond motifs is 1. The van der Waals surface area contributed by atoms with Crippen LogP contribution in [0.2, 0.25) is 0 Å². The Morgan fingerprint density at radius 1 is 1.28 bits per heavy atom. The van der Waals surface area contributed by atoms with Gasteiger partial charge < -0.3 is 19.5 Å². The van der Waals surface area contributed by atoms with Gasteiger partial charge in [-0.15, -0.1) is 0 Å². The molecule has 0 bridgehead atoms. The Labute approximate surface area is 183 Å². The van der Waals surface area contributed by atoms with Crippen molar-refractivity contribution in [1.82, 2.24) is 14.7 Å². The van der Waals surface area contributed by atoms with Gasteiger partial charge in [-0.3, -0.25) is 9.48 Å². The lowest BCUT2D eigenvalue weighted by Gasteiger charge is -2.36. The van der Waals surface area contributed by atoms with E-state index in [1.54, 1.807) is 0 Å². The highest BCUT2D eigenvalue weighted by Crippen LogP contribution is 2.30. The van der Waals surface area contributed by atoms with E-state index in [1.165, 1.54) is 5.56 Å². The van der Waals surface area contributed by atoms with E-state index in [-0.39, 0.29) is 18.6 Å². The molecule has 1 amide bonds. The van der Waals surface area contributed by atoms with E-state index in [0.717, 1.165) is 23.4 Å². The van der Waals surface area contributed by atoms with Gasteiger partial charge in [0.15, 0.2) is 6.61 Å². The molecule has 1 atom stereocenters. The van der Waals surface area contributed by atoms with Crippen molar-refractivity contribution >= 4 is 11.9 Å². The van der Waals surface area contributed by atoms with E-state index in [1.807, 2.05) is 60.9 Å². The van der Waals surface area contributed by atoms with Crippen LogP contribution in [0.15, 0.2) is 30.5 Å². The minimum absolute atomic E-state index is 0.0280. The fourth-order valence-corrected chi connectivity index (χ4v) is 3.30. The third-order valence-corrected chi connectivity index (χ3v) is 4.87. The molecule has 2 aromatic rings. The van der Waals surface area contributed by atoms with Gasteiger partial charge in [0.25, 0.3) is 5.91 Å². The molecule has 1 aliphatic rings. The molecule has 1 aromatic heterocycles. The summed E-state index contributed by atoms with van der Waals surface area (Å²) in [6, 6.07) is 7.60. The first kappa shape index (κ1) is 25.2. The van der Waals surface area contributed by atoms with Gasteiger partial charge in [-0.1, -0.05) is 18.2 Å². The minimum atomic E-state index is -5.08. The molecule has 0 spiro atoms. The number of carbonyl (C=O) groups excluding carboxylic acids is 1. The maximum atomic E-state index is 12.8. The maximum Gasteiger partial charge on any atom is 0.490 e. The van der Waals surface area contributed by atoms with Crippen molar-refractivity contribution in [2.45, 2.75) is 32.5 Å². The predicted molar refractivity (Wildman–Crippen MR) is 108 cm³/mol. The SMILES string of the molecule is CCOCC1c2c(cnn2C)CCN1C(=O)COc1ccccc1C.O=C(O)C(F)(F)F. The summed E-state index contributed by atoms with van der Waals surface area (Å²) in [5, 5.41) is 11.5. The van der Waals surface area contributed by atoms with Crippen LogP contribution in [0.4, 0.5) is 13.2 Å². The van der Waals surface area contributed by atoms with Crippen LogP contribution in [0.5, 0.6) is 5.75 Å². The number of rotatable bonds is 6. The second-order valence-electron chi connectivity index (χ2n) is 7.05. The number of alkyl halides is 3. The Bertz CT molecular complexity index is 930. The Balaban J connectivity index is 0.000000451. The van der Waals surface area contributed by atoms with Crippen molar-refractivity contribution in [3.05, 3.63) is 47.3 Å². The van der Waals surface area contributed by atoms with Crippen LogP contribution in [-0.4, -0.2) is 64.2 Å². The van der Waals surface area contributed by atoms with Crippen LogP contribution >= 0.6 is 0 Å². The molecular formula is C21H26F3N3O5. The first-order valence-electron chi connectivity index (χ1n) is 9.92. The molecule has 2 heterocycles. The van der Waals surface area contributed by atoms with Crippen LogP contribution < -0.4 is 4.74 Å². The highest BCUT2D eigenvalue weighted by molar-refractivity contribution is 5.78. The fourth-order valence-electron chi connectivity index (χ4n) is 3.30. The number of amides is 1. The molecule has 0 saturated heterocycles. The molecule has 176 valence electrons. The van der Waals surface area contributed by atoms with Crippen LogP contribution in [0, 0.1) is 6.92 Å². The number of para-hydroxylation sites is 1. The summed E-state index contributed by atoms with van der Waals surface area (Å²) in [4.78, 5) is 23.6. The third-order valence-electron chi connectivity index (χ3n) is 4.87. The lowest BCUT2D eigenvalue weighted by Crippen LogP contribution is -2.44. The summed E-state index contributed by atoms with van der Waals surface area (Å²) >= 11 is 0. The smallest absolute Gasteiger partial charge is 0.484 e. The molecule has 0 saturated carbocycles. The van der Waals surface area contributed by atoms with Crippen molar-refractivity contribution in [2.24, 2.45) is 7.05 Å². The summed E-state index contributed by atoms with van der Waals surface area (Å²) in [6.45, 7) is 5.71. The van der Waals surface area contributed by atoms with E-state index in [9.17, 15) is 18.0 Å². The third kappa shape index (κ3) is 6.46. The monoisotopic (exact) mass is 457 g/mol. The zero-order valence-corrected chi connectivity index (χ0v) is 18.1. The number of carboxylic acid groups (broad SMARTS) is 1. The van der Waals surface area contributed by atoms with Crippen molar-refractivity contribution in [3.8, 4) is 5.75 Å². The van der Waals surface area contributed by atoms with Gasteiger partial charge in [-0.25, -0.2) is 4.79 Å². The van der Waals surface area contributed by atoms with Crippen molar-refractivity contribution < 1.29 is 37.3 Å². The Hall–Kier alpha value is -3.08. The van der Waals surface area contributed by atoms with Gasteiger partial charge in [0.2, 0.25) is 0 Å². The van der Waals surface area contributed by atoms with Crippen LogP contribution in [0.1, 0.15) is 29.8 Å². The Kier molecular flexibility index (Phi) is 8.64. The summed E-state index contributed by atoms with van der Waals surface area (Å²) in [7, 11) is 1.91. The Morgan fingerprint density at radius 2 is 1.94 bits per heavy atom. The first-order chi connectivity index (χ1) is 15.1. The number of halogens is 3. The first-order valence-corrected chi connectivity index (χ1v) is 9.92. The Morgan fingerprint density at radius 3 is 2.53 bits per heavy atom. The number of benzene rings is 1. The molecular weight excluding hydrogens is 431 g/mol. The fraction of sp³-hybridized carbons (Fsp3) is 0.476. The molecule has 1 unspecified atom stereocenters. The molecule has 0 aliphatic carbocycles.